The number of carboxylic acid groups (broad SMARTS) is 2. The third kappa shape index (κ3) is 14.6. The molecule has 0 unspecified atom stereocenters. The van der Waals surface area contributed by atoms with Gasteiger partial charge < -0.3 is 15.1 Å². The molecule has 7 rings (SSSR count). The van der Waals surface area contributed by atoms with Crippen LogP contribution in [0.2, 0.25) is 0 Å². The number of nitriles is 1. The lowest BCUT2D eigenvalue weighted by atomic mass is 10.0. The minimum Gasteiger partial charge on any atom is -0.486 e. The van der Waals surface area contributed by atoms with Crippen molar-refractivity contribution >= 4 is 87.1 Å². The van der Waals surface area contributed by atoms with Gasteiger partial charge in [0.05, 0.1) is 6.57 Å². The van der Waals surface area contributed by atoms with E-state index < -0.39 is 11.9 Å². The van der Waals surface area contributed by atoms with Crippen LogP contribution in [0.4, 0.5) is 17.1 Å². The van der Waals surface area contributed by atoms with Crippen LogP contribution >= 0.6 is 22.7 Å². The highest BCUT2D eigenvalue weighted by molar-refractivity contribution is 7.14. The summed E-state index contributed by atoms with van der Waals surface area (Å²) in [7, 11) is 0. The Hall–Kier alpha value is -7.82. The van der Waals surface area contributed by atoms with Gasteiger partial charge in [0.1, 0.15) is 11.6 Å². The number of hydrogen-bond donors (Lipinski definition) is 2. The molecular formula is C62H57N3O4S2. The van der Waals surface area contributed by atoms with Crippen LogP contribution in [0.3, 0.4) is 0 Å². The standard InChI is InChI=1S/C62H57N3O4S2/c1-3-4-5-6-7-8-9-10-11-14-19-45-24-30-51(31-25-45)65(52-32-26-46(27-33-52)40-56(48-20-15-12-16-21-48)59-38-36-54(70-59)42-50(44-63)61(66)67)53-34-28-47(29-35-53)41-57(49-22-17-13-18-23-49)60-39-37-55(71-60)43-58(64-2)62(68)69/h12-13,15-18,20-43H,3-11,14,19H2,1H3,(H,66,67)(H,68,69). The van der Waals surface area contributed by atoms with Gasteiger partial charge in [0, 0.05) is 36.6 Å². The molecule has 0 fully saturated rings. The van der Waals surface area contributed by atoms with Crippen molar-refractivity contribution in [3.8, 4) is 6.07 Å². The first-order valence-electron chi connectivity index (χ1n) is 24.2. The Balaban J connectivity index is 1.19. The van der Waals surface area contributed by atoms with Crippen LogP contribution in [0.1, 0.15) is 118 Å². The maximum absolute atomic E-state index is 11.6. The van der Waals surface area contributed by atoms with Crippen molar-refractivity contribution in [2.24, 2.45) is 0 Å². The summed E-state index contributed by atoms with van der Waals surface area (Å²) in [4.78, 5) is 31.9. The van der Waals surface area contributed by atoms with Crippen LogP contribution < -0.4 is 4.90 Å². The van der Waals surface area contributed by atoms with E-state index in [4.69, 9.17) is 6.57 Å². The summed E-state index contributed by atoms with van der Waals surface area (Å²) < 4.78 is 0. The van der Waals surface area contributed by atoms with Gasteiger partial charge in [-0.05, 0) is 137 Å². The highest BCUT2D eigenvalue weighted by Crippen LogP contribution is 2.38. The third-order valence-electron chi connectivity index (χ3n) is 12.1. The van der Waals surface area contributed by atoms with Crippen molar-refractivity contribution in [3.63, 3.8) is 0 Å². The van der Waals surface area contributed by atoms with Crippen molar-refractivity contribution < 1.29 is 19.8 Å². The van der Waals surface area contributed by atoms with Gasteiger partial charge in [-0.1, -0.05) is 162 Å². The Bertz CT molecular complexity index is 2900. The third-order valence-corrected chi connectivity index (χ3v) is 14.3. The quantitative estimate of drug-likeness (QED) is 0.0205. The fraction of sp³-hybridized carbons (Fsp3) is 0.194. The first-order chi connectivity index (χ1) is 34.7. The van der Waals surface area contributed by atoms with E-state index in [0.29, 0.717) is 9.75 Å². The molecule has 0 saturated carbocycles. The number of carboxylic acids is 2. The molecule has 7 nitrogen and oxygen atoms in total. The number of nitrogens with zero attached hydrogens (tertiary/aromatic N) is 3. The molecule has 9 heteroatoms. The molecule has 2 heterocycles. The summed E-state index contributed by atoms with van der Waals surface area (Å²) in [6.45, 7) is 9.58. The van der Waals surface area contributed by atoms with Gasteiger partial charge in [-0.3, -0.25) is 4.79 Å². The van der Waals surface area contributed by atoms with Gasteiger partial charge >= 0.3 is 11.9 Å². The van der Waals surface area contributed by atoms with Crippen molar-refractivity contribution in [3.05, 3.63) is 228 Å². The number of aliphatic carboxylic acids is 2. The van der Waals surface area contributed by atoms with E-state index in [1.165, 1.54) is 105 Å². The molecule has 0 aliphatic heterocycles. The molecule has 5 aromatic carbocycles. The van der Waals surface area contributed by atoms with E-state index in [1.807, 2.05) is 60.7 Å². The Morgan fingerprint density at radius 2 is 0.986 bits per heavy atom. The average molecular weight is 972 g/mol. The normalized spacial score (nSPS) is 12.0. The Morgan fingerprint density at radius 3 is 1.41 bits per heavy atom. The molecule has 0 amide bonds. The van der Waals surface area contributed by atoms with Gasteiger partial charge in [-0.25, -0.2) is 9.64 Å². The molecule has 0 atom stereocenters. The van der Waals surface area contributed by atoms with Gasteiger partial charge in [-0.15, -0.1) is 22.7 Å². The fourth-order valence-corrected chi connectivity index (χ4v) is 10.4. The average Bonchev–Trinajstić information content (AvgIpc) is 4.08. The van der Waals surface area contributed by atoms with Crippen LogP contribution in [0, 0.1) is 17.9 Å². The number of aryl methyl sites for hydroxylation is 1. The number of benzene rings is 5. The molecule has 356 valence electrons. The molecule has 2 N–H and O–H groups in total. The lowest BCUT2D eigenvalue weighted by molar-refractivity contribution is -0.133. The smallest absolute Gasteiger partial charge is 0.346 e. The Morgan fingerprint density at radius 1 is 0.549 bits per heavy atom. The zero-order chi connectivity index (χ0) is 49.8. The second-order valence-corrected chi connectivity index (χ2v) is 19.5. The van der Waals surface area contributed by atoms with E-state index >= 15 is 0 Å². The Labute approximate surface area is 426 Å². The summed E-state index contributed by atoms with van der Waals surface area (Å²) in [6, 6.07) is 55.5. The van der Waals surface area contributed by atoms with Crippen LogP contribution in [0.25, 0.3) is 40.3 Å². The summed E-state index contributed by atoms with van der Waals surface area (Å²) in [5, 5.41) is 28.3. The van der Waals surface area contributed by atoms with Crippen molar-refractivity contribution in [1.29, 1.82) is 5.26 Å². The molecule has 0 aliphatic rings. The number of rotatable bonds is 24. The molecule has 0 aliphatic carbocycles. The molecule has 71 heavy (non-hydrogen) atoms. The molecular weight excluding hydrogens is 915 g/mol. The van der Waals surface area contributed by atoms with E-state index in [2.05, 4.69) is 126 Å². The molecule has 0 spiro atoms. The molecule has 0 radical (unpaired) electrons. The maximum atomic E-state index is 11.6. The van der Waals surface area contributed by atoms with Gasteiger partial charge in [0.15, 0.2) is 0 Å². The van der Waals surface area contributed by atoms with Crippen LogP contribution in [0.15, 0.2) is 169 Å². The van der Waals surface area contributed by atoms with Crippen LogP contribution in [-0.4, -0.2) is 22.2 Å². The minimum atomic E-state index is -1.25. The van der Waals surface area contributed by atoms with Gasteiger partial charge in [-0.2, -0.15) is 5.26 Å². The lowest BCUT2D eigenvalue weighted by Crippen LogP contribution is -2.10. The van der Waals surface area contributed by atoms with Gasteiger partial charge in [0.25, 0.3) is 5.70 Å². The second kappa shape index (κ2) is 26.2. The number of unbranched alkanes of at least 4 members (excludes halogenated alkanes) is 9. The fourth-order valence-electron chi connectivity index (χ4n) is 8.39. The van der Waals surface area contributed by atoms with E-state index in [-0.39, 0.29) is 11.3 Å². The molecule has 0 saturated heterocycles. The predicted octanol–water partition coefficient (Wildman–Crippen LogP) is 17.3. The molecule has 0 bridgehead atoms. The summed E-state index contributed by atoms with van der Waals surface area (Å²) in [6.07, 6.45) is 21.3. The highest BCUT2D eigenvalue weighted by atomic mass is 32.1. The van der Waals surface area contributed by atoms with Crippen LogP contribution in [-0.2, 0) is 16.0 Å². The molecule has 2 aromatic heterocycles. The van der Waals surface area contributed by atoms with E-state index in [1.54, 1.807) is 6.07 Å². The van der Waals surface area contributed by atoms with E-state index in [9.17, 15) is 25.1 Å². The monoisotopic (exact) mass is 971 g/mol. The van der Waals surface area contributed by atoms with Crippen molar-refractivity contribution in [1.82, 2.24) is 0 Å². The van der Waals surface area contributed by atoms with Crippen molar-refractivity contribution in [2.45, 2.75) is 77.6 Å². The number of hydrogen-bond acceptors (Lipinski definition) is 6. The molecule has 7 aromatic rings. The number of anilines is 3. The van der Waals surface area contributed by atoms with E-state index in [0.717, 1.165) is 66.6 Å². The summed E-state index contributed by atoms with van der Waals surface area (Å²) in [5.74, 6) is -2.50. The summed E-state index contributed by atoms with van der Waals surface area (Å²) in [5.41, 5.74) is 9.68. The first-order valence-corrected chi connectivity index (χ1v) is 25.9. The zero-order valence-corrected chi connectivity index (χ0v) is 41.6. The predicted molar refractivity (Wildman–Crippen MR) is 296 cm³/mol. The van der Waals surface area contributed by atoms with Crippen LogP contribution in [0.5, 0.6) is 0 Å². The maximum Gasteiger partial charge on any atom is 0.346 e. The number of carbonyl (C=O) groups is 2. The van der Waals surface area contributed by atoms with Crippen molar-refractivity contribution in [2.75, 3.05) is 4.90 Å². The SMILES string of the molecule is [C-]#[N+]C(=Cc1ccc(C(=Cc2ccc(N(c3ccc(C=C(c4ccccc4)c4ccc(C=C(C#N)C(=O)O)s4)cc3)c3ccc(CCCCCCCCCCCC)cc3)cc2)c2ccccc2)s1)C(=O)O. The second-order valence-electron chi connectivity index (χ2n) is 17.3. The largest absolute Gasteiger partial charge is 0.486 e. The minimum absolute atomic E-state index is 0.311. The number of thiophene rings is 2. The van der Waals surface area contributed by atoms with Gasteiger partial charge in [0.2, 0.25) is 0 Å². The Kier molecular flexibility index (Phi) is 18.9. The highest BCUT2D eigenvalue weighted by Gasteiger charge is 2.16. The first kappa shape index (κ1) is 51.0. The lowest BCUT2D eigenvalue weighted by Gasteiger charge is -2.26. The topological polar surface area (TPSA) is 106 Å². The zero-order valence-electron chi connectivity index (χ0n) is 40.0. The summed E-state index contributed by atoms with van der Waals surface area (Å²) >= 11 is 2.88.